The van der Waals surface area contributed by atoms with E-state index >= 15 is 0 Å². The Hall–Kier alpha value is -2.05. The molecule has 0 radical (unpaired) electrons. The summed E-state index contributed by atoms with van der Waals surface area (Å²) in [6.45, 7) is 6.44. The number of carbonyl (C=O) groups is 2. The topological polar surface area (TPSA) is 97.7 Å². The van der Waals surface area contributed by atoms with Gasteiger partial charge in [-0.15, -0.1) is 0 Å². The Morgan fingerprint density at radius 3 is 2.48 bits per heavy atom. The zero-order valence-corrected chi connectivity index (χ0v) is 20.4. The number of hydrogen-bond donors (Lipinski definition) is 2. The first kappa shape index (κ1) is 25.6. The molecule has 1 aromatic rings. The van der Waals surface area contributed by atoms with E-state index in [1.54, 1.807) is 23.1 Å². The van der Waals surface area contributed by atoms with Gasteiger partial charge in [-0.25, -0.2) is 4.79 Å². The Morgan fingerprint density at radius 2 is 1.88 bits per heavy atom. The molecule has 1 aromatic carbocycles. The number of nitriles is 1. The van der Waals surface area contributed by atoms with E-state index in [0.29, 0.717) is 49.2 Å². The summed E-state index contributed by atoms with van der Waals surface area (Å²) in [4.78, 5) is 30.1. The summed E-state index contributed by atoms with van der Waals surface area (Å²) >= 11 is 12.2. The van der Waals surface area contributed by atoms with Gasteiger partial charge >= 0.3 is 6.03 Å². The van der Waals surface area contributed by atoms with E-state index in [9.17, 15) is 14.9 Å². The minimum absolute atomic E-state index is 0.224. The van der Waals surface area contributed by atoms with Crippen molar-refractivity contribution in [2.45, 2.75) is 44.2 Å². The zero-order valence-electron chi connectivity index (χ0n) is 18.9. The van der Waals surface area contributed by atoms with Gasteiger partial charge in [0.05, 0.1) is 29.3 Å². The number of urea groups is 1. The van der Waals surface area contributed by atoms with Crippen LogP contribution in [0.1, 0.15) is 31.7 Å². The third-order valence-electron chi connectivity index (χ3n) is 6.16. The second-order valence-electron chi connectivity index (χ2n) is 8.58. The average molecular weight is 496 g/mol. The largest absolute Gasteiger partial charge is 0.378 e. The van der Waals surface area contributed by atoms with E-state index in [-0.39, 0.29) is 18.4 Å². The van der Waals surface area contributed by atoms with Crippen LogP contribution < -0.4 is 10.6 Å². The van der Waals surface area contributed by atoms with E-state index in [2.05, 4.69) is 28.5 Å². The number of piperidine rings is 1. The summed E-state index contributed by atoms with van der Waals surface area (Å²) < 4.78 is 5.31. The molecule has 1 atom stereocenters. The quantitative estimate of drug-likeness (QED) is 0.605. The normalized spacial score (nSPS) is 19.4. The van der Waals surface area contributed by atoms with E-state index in [1.807, 2.05) is 0 Å². The standard InChI is InChI=1S/C23H31Cl2N5O3/c1-2-7-29-8-5-23(16-26,6-9-29)28-21(31)20(15-17-3-4-18(24)19(25)14-17)27-22(32)30-10-12-33-13-11-30/h3-4,14,20H,2,5-13,15H2,1H3,(H,27,32)(H,28,31). The minimum atomic E-state index is -0.944. The van der Waals surface area contributed by atoms with Gasteiger partial charge in [-0.2, -0.15) is 5.26 Å². The highest BCUT2D eigenvalue weighted by Crippen LogP contribution is 2.25. The van der Waals surface area contributed by atoms with Gasteiger partial charge in [0.1, 0.15) is 11.6 Å². The first-order valence-corrected chi connectivity index (χ1v) is 12.1. The average Bonchev–Trinajstić information content (AvgIpc) is 2.83. The lowest BCUT2D eigenvalue weighted by Crippen LogP contribution is -2.60. The monoisotopic (exact) mass is 495 g/mol. The number of morpholine rings is 1. The van der Waals surface area contributed by atoms with E-state index in [4.69, 9.17) is 27.9 Å². The zero-order chi connectivity index (χ0) is 23.8. The number of hydrogen-bond acceptors (Lipinski definition) is 5. The van der Waals surface area contributed by atoms with Crippen LogP contribution in [0, 0.1) is 11.3 Å². The number of amides is 3. The molecule has 1 unspecified atom stereocenters. The predicted molar refractivity (Wildman–Crippen MR) is 127 cm³/mol. The summed E-state index contributed by atoms with van der Waals surface area (Å²) in [7, 11) is 0. The molecule has 10 heteroatoms. The molecule has 2 heterocycles. The van der Waals surface area contributed by atoms with Crippen LogP contribution in [0.4, 0.5) is 4.79 Å². The number of nitrogens with zero attached hydrogens (tertiary/aromatic N) is 3. The van der Waals surface area contributed by atoms with Crippen LogP contribution in [0.15, 0.2) is 18.2 Å². The Balaban J connectivity index is 1.73. The third-order valence-corrected chi connectivity index (χ3v) is 6.90. The van der Waals surface area contributed by atoms with Crippen LogP contribution in [-0.4, -0.2) is 79.3 Å². The van der Waals surface area contributed by atoms with Crippen LogP contribution in [0.2, 0.25) is 10.0 Å². The molecule has 3 amide bonds. The van der Waals surface area contributed by atoms with Crippen molar-refractivity contribution >= 4 is 35.1 Å². The molecule has 2 aliphatic rings. The second kappa shape index (κ2) is 11.9. The van der Waals surface area contributed by atoms with E-state index in [0.717, 1.165) is 31.6 Å². The molecule has 2 N–H and O–H groups in total. The summed E-state index contributed by atoms with van der Waals surface area (Å²) in [6, 6.07) is 6.26. The first-order valence-electron chi connectivity index (χ1n) is 11.4. The lowest BCUT2D eigenvalue weighted by molar-refractivity contribution is -0.124. The molecular weight excluding hydrogens is 465 g/mol. The number of benzene rings is 1. The van der Waals surface area contributed by atoms with Crippen LogP contribution >= 0.6 is 23.2 Å². The van der Waals surface area contributed by atoms with Crippen LogP contribution in [0.3, 0.4) is 0 Å². The predicted octanol–water partition coefficient (Wildman–Crippen LogP) is 2.83. The fraction of sp³-hybridized carbons (Fsp3) is 0.609. The van der Waals surface area contributed by atoms with Gasteiger partial charge in [-0.3, -0.25) is 4.79 Å². The molecule has 0 saturated carbocycles. The maximum atomic E-state index is 13.4. The van der Waals surface area contributed by atoms with Gasteiger partial charge in [0.25, 0.3) is 0 Å². The van der Waals surface area contributed by atoms with Gasteiger partial charge in [-0.05, 0) is 43.5 Å². The van der Waals surface area contributed by atoms with Crippen molar-refractivity contribution in [2.75, 3.05) is 45.9 Å². The molecule has 180 valence electrons. The lowest BCUT2D eigenvalue weighted by Gasteiger charge is -2.38. The highest BCUT2D eigenvalue weighted by molar-refractivity contribution is 6.42. The highest BCUT2D eigenvalue weighted by atomic mass is 35.5. The van der Waals surface area contributed by atoms with Gasteiger partial charge in [0.15, 0.2) is 0 Å². The Bertz CT molecular complexity index is 877. The number of nitrogens with one attached hydrogen (secondary N) is 2. The van der Waals surface area contributed by atoms with Crippen molar-refractivity contribution in [1.29, 1.82) is 5.26 Å². The maximum absolute atomic E-state index is 13.4. The van der Waals surface area contributed by atoms with Gasteiger partial charge in [0, 0.05) is 32.6 Å². The highest BCUT2D eigenvalue weighted by Gasteiger charge is 2.38. The minimum Gasteiger partial charge on any atom is -0.378 e. The van der Waals surface area contributed by atoms with Crippen molar-refractivity contribution in [3.8, 4) is 6.07 Å². The fourth-order valence-corrected chi connectivity index (χ4v) is 4.50. The van der Waals surface area contributed by atoms with E-state index < -0.39 is 11.6 Å². The molecule has 33 heavy (non-hydrogen) atoms. The Kier molecular flexibility index (Phi) is 9.21. The number of ether oxygens (including phenoxy) is 1. The molecule has 0 bridgehead atoms. The maximum Gasteiger partial charge on any atom is 0.318 e. The van der Waals surface area contributed by atoms with Crippen LogP contribution in [0.25, 0.3) is 0 Å². The summed E-state index contributed by atoms with van der Waals surface area (Å²) in [6.07, 6.45) is 2.37. The van der Waals surface area contributed by atoms with E-state index in [1.165, 1.54) is 0 Å². The fourth-order valence-electron chi connectivity index (χ4n) is 4.18. The molecule has 2 saturated heterocycles. The Morgan fingerprint density at radius 1 is 1.18 bits per heavy atom. The van der Waals surface area contributed by atoms with Crippen molar-refractivity contribution in [3.05, 3.63) is 33.8 Å². The van der Waals surface area contributed by atoms with Crippen molar-refractivity contribution < 1.29 is 14.3 Å². The van der Waals surface area contributed by atoms with Crippen LogP contribution in [-0.2, 0) is 16.0 Å². The molecule has 0 aromatic heterocycles. The molecule has 3 rings (SSSR count). The van der Waals surface area contributed by atoms with Crippen LogP contribution in [0.5, 0.6) is 0 Å². The summed E-state index contributed by atoms with van der Waals surface area (Å²) in [5, 5.41) is 16.5. The third kappa shape index (κ3) is 6.97. The van der Waals surface area contributed by atoms with Crippen molar-refractivity contribution in [1.82, 2.24) is 20.4 Å². The molecule has 2 fully saturated rings. The van der Waals surface area contributed by atoms with Gasteiger partial charge in [0.2, 0.25) is 5.91 Å². The summed E-state index contributed by atoms with van der Waals surface area (Å²) in [5.41, 5.74) is -0.184. The number of halogens is 2. The second-order valence-corrected chi connectivity index (χ2v) is 9.39. The number of likely N-dealkylation sites (tertiary alicyclic amines) is 1. The molecule has 2 aliphatic heterocycles. The van der Waals surface area contributed by atoms with Gasteiger partial charge < -0.3 is 25.2 Å². The van der Waals surface area contributed by atoms with Crippen molar-refractivity contribution in [3.63, 3.8) is 0 Å². The summed E-state index contributed by atoms with van der Waals surface area (Å²) in [5.74, 6) is -0.381. The van der Waals surface area contributed by atoms with Crippen molar-refractivity contribution in [2.24, 2.45) is 0 Å². The smallest absolute Gasteiger partial charge is 0.318 e. The lowest BCUT2D eigenvalue weighted by atomic mass is 9.88. The molecular formula is C23H31Cl2N5O3. The molecule has 0 spiro atoms. The SMILES string of the molecule is CCCN1CCC(C#N)(NC(=O)C(Cc2ccc(Cl)c(Cl)c2)NC(=O)N2CCOCC2)CC1. The first-order chi connectivity index (χ1) is 15.9. The molecule has 8 nitrogen and oxygen atoms in total. The number of carbonyl (C=O) groups excluding carboxylic acids is 2. The Labute approximate surface area is 205 Å². The number of rotatable bonds is 7. The molecule has 0 aliphatic carbocycles. The van der Waals surface area contributed by atoms with Gasteiger partial charge in [-0.1, -0.05) is 36.2 Å².